The van der Waals surface area contributed by atoms with Crippen LogP contribution in [0.25, 0.3) is 22.3 Å². The molecule has 128 valence electrons. The Bertz CT molecular complexity index is 905. The molecule has 1 aliphatic heterocycles. The van der Waals surface area contributed by atoms with Gasteiger partial charge in [0, 0.05) is 62.5 Å². The number of aromatic nitrogens is 4. The van der Waals surface area contributed by atoms with Gasteiger partial charge in [-0.2, -0.15) is 0 Å². The summed E-state index contributed by atoms with van der Waals surface area (Å²) in [6.45, 7) is 4.83. The summed E-state index contributed by atoms with van der Waals surface area (Å²) in [6.07, 6.45) is 6.25. The van der Waals surface area contributed by atoms with E-state index in [1.807, 2.05) is 29.3 Å². The number of hydrogen-bond acceptors (Lipinski definition) is 5. The summed E-state index contributed by atoms with van der Waals surface area (Å²) in [7, 11) is 0. The minimum Gasteiger partial charge on any atom is -0.355 e. The van der Waals surface area contributed by atoms with Crippen LogP contribution < -0.4 is 4.90 Å². The third-order valence-electron chi connectivity index (χ3n) is 4.64. The molecule has 4 heterocycles. The second-order valence-electron chi connectivity index (χ2n) is 6.21. The molecular weight excluding hydrogens is 316 g/mol. The molecule has 1 aliphatic rings. The predicted molar refractivity (Wildman–Crippen MR) is 96.2 cm³/mol. The number of carbonyl (C=O) groups excluding carboxylic acids is 1. The van der Waals surface area contributed by atoms with Crippen LogP contribution in [-0.4, -0.2) is 56.9 Å². The van der Waals surface area contributed by atoms with Gasteiger partial charge in [0.25, 0.3) is 0 Å². The van der Waals surface area contributed by atoms with Crippen molar-refractivity contribution in [3.63, 3.8) is 0 Å². The largest absolute Gasteiger partial charge is 0.355 e. The Morgan fingerprint density at radius 3 is 2.96 bits per heavy atom. The van der Waals surface area contributed by atoms with Crippen molar-refractivity contribution in [1.29, 1.82) is 0 Å². The number of anilines is 1. The van der Waals surface area contributed by atoms with Crippen molar-refractivity contribution in [1.82, 2.24) is 24.8 Å². The van der Waals surface area contributed by atoms with Crippen LogP contribution in [0, 0.1) is 0 Å². The zero-order chi connectivity index (χ0) is 17.2. The Balaban J connectivity index is 1.62. The van der Waals surface area contributed by atoms with Crippen molar-refractivity contribution >= 4 is 22.8 Å². The quantitative estimate of drug-likeness (QED) is 0.775. The predicted octanol–water partition coefficient (Wildman–Crippen LogP) is 2.08. The highest BCUT2D eigenvalue weighted by atomic mass is 16.2. The van der Waals surface area contributed by atoms with Crippen molar-refractivity contribution in [3.8, 4) is 11.3 Å². The topological polar surface area (TPSA) is 78.0 Å². The van der Waals surface area contributed by atoms with Crippen molar-refractivity contribution in [2.24, 2.45) is 0 Å². The fraction of sp³-hybridized carbons (Fsp3) is 0.333. The smallest absolute Gasteiger partial charge is 0.219 e. The molecule has 1 saturated heterocycles. The highest BCUT2D eigenvalue weighted by Crippen LogP contribution is 2.27. The number of hydrogen-bond donors (Lipinski definition) is 1. The molecule has 0 saturated carbocycles. The maximum atomic E-state index is 11.6. The molecule has 0 spiro atoms. The van der Waals surface area contributed by atoms with E-state index in [9.17, 15) is 4.79 Å². The fourth-order valence-electron chi connectivity index (χ4n) is 3.30. The zero-order valence-corrected chi connectivity index (χ0v) is 14.1. The van der Waals surface area contributed by atoms with Gasteiger partial charge in [0.15, 0.2) is 0 Å². The summed E-state index contributed by atoms with van der Waals surface area (Å²) in [5.74, 6) is 1.03. The summed E-state index contributed by atoms with van der Waals surface area (Å²) in [5.41, 5.74) is 2.74. The molecule has 25 heavy (non-hydrogen) atoms. The first-order valence-electron chi connectivity index (χ1n) is 8.47. The molecular formula is C18H20N6O. The third kappa shape index (κ3) is 3.05. The summed E-state index contributed by atoms with van der Waals surface area (Å²) in [4.78, 5) is 32.1. The average Bonchev–Trinajstić information content (AvgIpc) is 2.90. The zero-order valence-electron chi connectivity index (χ0n) is 14.1. The average molecular weight is 336 g/mol. The van der Waals surface area contributed by atoms with E-state index < -0.39 is 0 Å². The van der Waals surface area contributed by atoms with E-state index >= 15 is 0 Å². The SMILES string of the molecule is CC(=O)N1CCCN(c2cc(-c3c[nH]c4ncccc34)ncn2)CC1. The normalized spacial score (nSPS) is 15.4. The lowest BCUT2D eigenvalue weighted by Gasteiger charge is -2.22. The molecule has 1 amide bonds. The molecule has 1 N–H and O–H groups in total. The van der Waals surface area contributed by atoms with E-state index in [4.69, 9.17) is 0 Å². The number of pyridine rings is 1. The van der Waals surface area contributed by atoms with Crippen molar-refractivity contribution in [2.75, 3.05) is 31.1 Å². The number of carbonyl (C=O) groups is 1. The van der Waals surface area contributed by atoms with Crippen LogP contribution in [0.3, 0.4) is 0 Å². The van der Waals surface area contributed by atoms with Crippen LogP contribution in [0.1, 0.15) is 13.3 Å². The molecule has 7 nitrogen and oxygen atoms in total. The minimum absolute atomic E-state index is 0.136. The van der Waals surface area contributed by atoms with Crippen molar-refractivity contribution in [2.45, 2.75) is 13.3 Å². The standard InChI is InChI=1S/C18H20N6O/c1-13(25)23-6-3-7-24(9-8-23)17-10-16(21-12-22-17)15-11-20-18-14(15)4-2-5-19-18/h2,4-5,10-12H,3,6-9H2,1H3,(H,19,20). The first-order valence-corrected chi connectivity index (χ1v) is 8.47. The Morgan fingerprint density at radius 2 is 2.08 bits per heavy atom. The highest BCUT2D eigenvalue weighted by molar-refractivity contribution is 5.92. The summed E-state index contributed by atoms with van der Waals surface area (Å²) >= 11 is 0. The number of aromatic amines is 1. The van der Waals surface area contributed by atoms with E-state index in [0.29, 0.717) is 0 Å². The van der Waals surface area contributed by atoms with Gasteiger partial charge in [0.05, 0.1) is 5.69 Å². The lowest BCUT2D eigenvalue weighted by atomic mass is 10.1. The number of rotatable bonds is 2. The van der Waals surface area contributed by atoms with Gasteiger partial charge < -0.3 is 14.8 Å². The molecule has 4 rings (SSSR count). The van der Waals surface area contributed by atoms with Crippen molar-refractivity contribution in [3.05, 3.63) is 36.9 Å². The van der Waals surface area contributed by atoms with Crippen LogP contribution in [0.15, 0.2) is 36.9 Å². The number of nitrogens with one attached hydrogen (secondary N) is 1. The van der Waals surface area contributed by atoms with Crippen LogP contribution >= 0.6 is 0 Å². The first kappa shape index (κ1) is 15.6. The molecule has 0 aliphatic carbocycles. The molecule has 0 atom stereocenters. The third-order valence-corrected chi connectivity index (χ3v) is 4.64. The highest BCUT2D eigenvalue weighted by Gasteiger charge is 2.18. The molecule has 3 aromatic heterocycles. The maximum Gasteiger partial charge on any atom is 0.219 e. The van der Waals surface area contributed by atoms with Gasteiger partial charge in [-0.05, 0) is 18.6 Å². The second-order valence-corrected chi connectivity index (χ2v) is 6.21. The van der Waals surface area contributed by atoms with Crippen LogP contribution in [0.5, 0.6) is 0 Å². The lowest BCUT2D eigenvalue weighted by molar-refractivity contribution is -0.128. The van der Waals surface area contributed by atoms with E-state index in [1.165, 1.54) is 0 Å². The van der Waals surface area contributed by atoms with E-state index in [2.05, 4.69) is 24.8 Å². The molecule has 0 radical (unpaired) electrons. The van der Waals surface area contributed by atoms with Crippen LogP contribution in [0.2, 0.25) is 0 Å². The van der Waals surface area contributed by atoms with Crippen molar-refractivity contribution < 1.29 is 4.79 Å². The summed E-state index contributed by atoms with van der Waals surface area (Å²) in [6, 6.07) is 5.97. The van der Waals surface area contributed by atoms with Crippen LogP contribution in [0.4, 0.5) is 5.82 Å². The first-order chi connectivity index (χ1) is 12.2. The van der Waals surface area contributed by atoms with Gasteiger partial charge >= 0.3 is 0 Å². The lowest BCUT2D eigenvalue weighted by Crippen LogP contribution is -2.33. The molecule has 0 aromatic carbocycles. The van der Waals surface area contributed by atoms with Gasteiger partial charge in [0.2, 0.25) is 5.91 Å². The molecule has 3 aromatic rings. The van der Waals surface area contributed by atoms with Gasteiger partial charge in [0.1, 0.15) is 17.8 Å². The maximum absolute atomic E-state index is 11.6. The Kier molecular flexibility index (Phi) is 4.05. The van der Waals surface area contributed by atoms with Crippen LogP contribution in [-0.2, 0) is 4.79 Å². The summed E-state index contributed by atoms with van der Waals surface area (Å²) in [5, 5.41) is 1.05. The van der Waals surface area contributed by atoms with Gasteiger partial charge in [-0.25, -0.2) is 15.0 Å². The van der Waals surface area contributed by atoms with Gasteiger partial charge in [-0.3, -0.25) is 4.79 Å². The Hall–Kier alpha value is -2.96. The Morgan fingerprint density at radius 1 is 1.16 bits per heavy atom. The monoisotopic (exact) mass is 336 g/mol. The van der Waals surface area contributed by atoms with E-state index in [1.54, 1.807) is 19.4 Å². The molecule has 0 unspecified atom stereocenters. The number of nitrogens with zero attached hydrogens (tertiary/aromatic N) is 5. The fourth-order valence-corrected chi connectivity index (χ4v) is 3.30. The van der Waals surface area contributed by atoms with Gasteiger partial charge in [-0.1, -0.05) is 0 Å². The number of fused-ring (bicyclic) bond motifs is 1. The second kappa shape index (κ2) is 6.51. The van der Waals surface area contributed by atoms with E-state index in [0.717, 1.165) is 60.7 Å². The van der Waals surface area contributed by atoms with Gasteiger partial charge in [-0.15, -0.1) is 0 Å². The summed E-state index contributed by atoms with van der Waals surface area (Å²) < 4.78 is 0. The van der Waals surface area contributed by atoms with E-state index in [-0.39, 0.29) is 5.91 Å². The Labute approximate surface area is 145 Å². The minimum atomic E-state index is 0.136. The number of amides is 1. The molecule has 0 bridgehead atoms. The molecule has 1 fully saturated rings. The number of H-pyrrole nitrogens is 1. The molecule has 7 heteroatoms.